The highest BCUT2D eigenvalue weighted by molar-refractivity contribution is 5.55. The first-order valence-corrected chi connectivity index (χ1v) is 6.95. The van der Waals surface area contributed by atoms with Crippen LogP contribution < -0.4 is 10.6 Å². The SMILES string of the molecule is CN1CCN(c2cncc(N)c2)C(c2ccccc2)C1. The molecule has 2 N–H and O–H groups in total. The second kappa shape index (κ2) is 5.51. The van der Waals surface area contributed by atoms with Gasteiger partial charge in [-0.3, -0.25) is 4.98 Å². The summed E-state index contributed by atoms with van der Waals surface area (Å²) in [5, 5.41) is 0. The summed E-state index contributed by atoms with van der Waals surface area (Å²) < 4.78 is 0. The van der Waals surface area contributed by atoms with Crippen LogP contribution in [0.15, 0.2) is 48.8 Å². The summed E-state index contributed by atoms with van der Waals surface area (Å²) in [5.41, 5.74) is 9.03. The number of hydrogen-bond acceptors (Lipinski definition) is 4. The van der Waals surface area contributed by atoms with E-state index in [0.717, 1.165) is 25.3 Å². The standard InChI is InChI=1S/C16H20N4/c1-19-7-8-20(15-9-14(17)10-18-11-15)16(12-19)13-5-3-2-4-6-13/h2-6,9-11,16H,7-8,12,17H2,1H3. The molecule has 1 fully saturated rings. The van der Waals surface area contributed by atoms with Gasteiger partial charge in [-0.1, -0.05) is 30.3 Å². The first-order chi connectivity index (χ1) is 9.74. The summed E-state index contributed by atoms with van der Waals surface area (Å²) in [6, 6.07) is 13.0. The Morgan fingerprint density at radius 3 is 2.70 bits per heavy atom. The Labute approximate surface area is 119 Å². The highest BCUT2D eigenvalue weighted by atomic mass is 15.3. The minimum absolute atomic E-state index is 0.346. The number of hydrogen-bond donors (Lipinski definition) is 1. The van der Waals surface area contributed by atoms with Crippen LogP contribution >= 0.6 is 0 Å². The van der Waals surface area contributed by atoms with Crippen molar-refractivity contribution in [3.05, 3.63) is 54.4 Å². The average molecular weight is 268 g/mol. The van der Waals surface area contributed by atoms with Gasteiger partial charge in [-0.05, 0) is 18.7 Å². The third-order valence-corrected chi connectivity index (χ3v) is 3.84. The fraction of sp³-hybridized carbons (Fsp3) is 0.312. The zero-order valence-corrected chi connectivity index (χ0v) is 11.7. The Morgan fingerprint density at radius 2 is 1.95 bits per heavy atom. The maximum Gasteiger partial charge on any atom is 0.0670 e. The molecule has 0 aliphatic carbocycles. The van der Waals surface area contributed by atoms with Crippen molar-refractivity contribution in [2.24, 2.45) is 0 Å². The topological polar surface area (TPSA) is 45.4 Å². The number of nitrogen functional groups attached to an aromatic ring is 1. The van der Waals surface area contributed by atoms with Gasteiger partial charge in [-0.15, -0.1) is 0 Å². The number of nitrogens with zero attached hydrogens (tertiary/aromatic N) is 3. The molecule has 104 valence electrons. The van der Waals surface area contributed by atoms with Gasteiger partial charge in [0, 0.05) is 25.8 Å². The van der Waals surface area contributed by atoms with Gasteiger partial charge in [-0.2, -0.15) is 0 Å². The lowest BCUT2D eigenvalue weighted by atomic mass is 10.0. The van der Waals surface area contributed by atoms with Crippen molar-refractivity contribution in [3.63, 3.8) is 0 Å². The summed E-state index contributed by atoms with van der Waals surface area (Å²) in [6.07, 6.45) is 3.59. The molecule has 1 aromatic heterocycles. The molecule has 1 unspecified atom stereocenters. The summed E-state index contributed by atoms with van der Waals surface area (Å²) in [6.45, 7) is 3.05. The number of benzene rings is 1. The number of likely N-dealkylation sites (N-methyl/N-ethyl adjacent to an activating group) is 1. The molecule has 0 saturated carbocycles. The van der Waals surface area contributed by atoms with Crippen LogP contribution in [0, 0.1) is 0 Å². The third-order valence-electron chi connectivity index (χ3n) is 3.84. The lowest BCUT2D eigenvalue weighted by Gasteiger charge is -2.41. The summed E-state index contributed by atoms with van der Waals surface area (Å²) in [7, 11) is 2.17. The van der Waals surface area contributed by atoms with E-state index in [4.69, 9.17) is 5.73 Å². The maximum absolute atomic E-state index is 5.88. The zero-order valence-electron chi connectivity index (χ0n) is 11.7. The summed E-state index contributed by atoms with van der Waals surface area (Å²) >= 11 is 0. The molecule has 1 atom stereocenters. The molecular weight excluding hydrogens is 248 g/mol. The number of nitrogens with two attached hydrogens (primary N) is 1. The van der Waals surface area contributed by atoms with Crippen LogP contribution in [-0.2, 0) is 0 Å². The van der Waals surface area contributed by atoms with E-state index in [0.29, 0.717) is 11.7 Å². The van der Waals surface area contributed by atoms with Crippen LogP contribution in [0.4, 0.5) is 11.4 Å². The Morgan fingerprint density at radius 1 is 1.15 bits per heavy atom. The number of piperazine rings is 1. The van der Waals surface area contributed by atoms with E-state index in [1.54, 1.807) is 6.20 Å². The van der Waals surface area contributed by atoms with E-state index in [-0.39, 0.29) is 0 Å². The van der Waals surface area contributed by atoms with Crippen molar-refractivity contribution < 1.29 is 0 Å². The molecule has 2 aromatic rings. The predicted molar refractivity (Wildman–Crippen MR) is 82.7 cm³/mol. The molecule has 3 rings (SSSR count). The predicted octanol–water partition coefficient (Wildman–Crippen LogP) is 2.16. The van der Waals surface area contributed by atoms with Gasteiger partial charge in [0.2, 0.25) is 0 Å². The number of anilines is 2. The van der Waals surface area contributed by atoms with Crippen LogP contribution in [0.3, 0.4) is 0 Å². The second-order valence-corrected chi connectivity index (χ2v) is 5.36. The number of rotatable bonds is 2. The average Bonchev–Trinajstić information content (AvgIpc) is 2.48. The van der Waals surface area contributed by atoms with Gasteiger partial charge in [0.1, 0.15) is 0 Å². The van der Waals surface area contributed by atoms with E-state index in [9.17, 15) is 0 Å². The van der Waals surface area contributed by atoms with E-state index in [2.05, 4.69) is 52.2 Å². The number of pyridine rings is 1. The van der Waals surface area contributed by atoms with Crippen LogP contribution in [0.25, 0.3) is 0 Å². The van der Waals surface area contributed by atoms with Gasteiger partial charge in [0.25, 0.3) is 0 Å². The van der Waals surface area contributed by atoms with E-state index < -0.39 is 0 Å². The zero-order chi connectivity index (χ0) is 13.9. The van der Waals surface area contributed by atoms with Gasteiger partial charge in [0.15, 0.2) is 0 Å². The molecule has 0 spiro atoms. The molecule has 1 aliphatic heterocycles. The van der Waals surface area contributed by atoms with Crippen LogP contribution in [0.5, 0.6) is 0 Å². The first-order valence-electron chi connectivity index (χ1n) is 6.95. The largest absolute Gasteiger partial charge is 0.397 e. The van der Waals surface area contributed by atoms with Gasteiger partial charge in [0.05, 0.1) is 23.6 Å². The molecular formula is C16H20N4. The lowest BCUT2D eigenvalue weighted by Crippen LogP contribution is -2.47. The van der Waals surface area contributed by atoms with Crippen molar-refractivity contribution >= 4 is 11.4 Å². The lowest BCUT2D eigenvalue weighted by molar-refractivity contribution is 0.269. The van der Waals surface area contributed by atoms with Crippen molar-refractivity contribution in [1.29, 1.82) is 0 Å². The minimum Gasteiger partial charge on any atom is -0.397 e. The fourth-order valence-corrected chi connectivity index (χ4v) is 2.79. The van der Waals surface area contributed by atoms with Crippen LogP contribution in [0.1, 0.15) is 11.6 Å². The Hall–Kier alpha value is -2.07. The minimum atomic E-state index is 0.346. The fourth-order valence-electron chi connectivity index (χ4n) is 2.79. The maximum atomic E-state index is 5.88. The number of aromatic nitrogens is 1. The summed E-state index contributed by atoms with van der Waals surface area (Å²) in [4.78, 5) is 9.00. The molecule has 2 heterocycles. The molecule has 20 heavy (non-hydrogen) atoms. The second-order valence-electron chi connectivity index (χ2n) is 5.36. The smallest absolute Gasteiger partial charge is 0.0670 e. The van der Waals surface area contributed by atoms with E-state index >= 15 is 0 Å². The van der Waals surface area contributed by atoms with Crippen molar-refractivity contribution in [2.75, 3.05) is 37.3 Å². The van der Waals surface area contributed by atoms with Crippen molar-refractivity contribution in [3.8, 4) is 0 Å². The van der Waals surface area contributed by atoms with Gasteiger partial charge >= 0.3 is 0 Å². The van der Waals surface area contributed by atoms with E-state index in [1.807, 2.05) is 12.3 Å². The van der Waals surface area contributed by atoms with Crippen molar-refractivity contribution in [2.45, 2.75) is 6.04 Å². The molecule has 4 heteroatoms. The Kier molecular flexibility index (Phi) is 3.56. The van der Waals surface area contributed by atoms with Gasteiger partial charge in [-0.25, -0.2) is 0 Å². The van der Waals surface area contributed by atoms with Crippen LogP contribution in [-0.4, -0.2) is 36.6 Å². The normalized spacial score (nSPS) is 20.1. The molecule has 1 aromatic carbocycles. The van der Waals surface area contributed by atoms with E-state index in [1.165, 1.54) is 5.56 Å². The quantitative estimate of drug-likeness (QED) is 0.906. The molecule has 0 radical (unpaired) electrons. The molecule has 4 nitrogen and oxygen atoms in total. The molecule has 0 amide bonds. The Bertz CT molecular complexity index is 570. The first kappa shape index (κ1) is 12.9. The summed E-state index contributed by atoms with van der Waals surface area (Å²) in [5.74, 6) is 0. The highest BCUT2D eigenvalue weighted by Crippen LogP contribution is 2.30. The monoisotopic (exact) mass is 268 g/mol. The molecule has 1 aliphatic rings. The molecule has 1 saturated heterocycles. The Balaban J connectivity index is 1.95. The highest BCUT2D eigenvalue weighted by Gasteiger charge is 2.26. The third kappa shape index (κ3) is 2.60. The van der Waals surface area contributed by atoms with Crippen molar-refractivity contribution in [1.82, 2.24) is 9.88 Å². The van der Waals surface area contributed by atoms with Gasteiger partial charge < -0.3 is 15.5 Å². The molecule has 0 bridgehead atoms. The van der Waals surface area contributed by atoms with Crippen LogP contribution in [0.2, 0.25) is 0 Å².